The molecule has 0 radical (unpaired) electrons. The summed E-state index contributed by atoms with van der Waals surface area (Å²) in [5, 5.41) is 11.1. The van der Waals surface area contributed by atoms with Gasteiger partial charge in [0.15, 0.2) is 0 Å². The molecule has 0 atom stereocenters. The summed E-state index contributed by atoms with van der Waals surface area (Å²) in [4.78, 5) is 11.6. The molecule has 0 bridgehead atoms. The average Bonchev–Trinajstić information content (AvgIpc) is 2.20. The number of nitrogens with zero attached hydrogens (tertiary/aromatic N) is 1. The van der Waals surface area contributed by atoms with Gasteiger partial charge in [-0.2, -0.15) is 5.26 Å². The number of carbonyl (C=O) groups is 1. The Bertz CT molecular complexity index is 487. The molecule has 0 spiro atoms. The summed E-state index contributed by atoms with van der Waals surface area (Å²) in [5.74, 6) is -0.449. The number of ether oxygens (including phenoxy) is 1. The minimum Gasteiger partial charge on any atom is -0.444 e. The van der Waals surface area contributed by atoms with Crippen LogP contribution in [0.1, 0.15) is 26.3 Å². The Hall–Kier alpha value is -2.09. The van der Waals surface area contributed by atoms with Crippen LogP contribution in [0.4, 0.5) is 14.9 Å². The van der Waals surface area contributed by atoms with Crippen molar-refractivity contribution in [3.8, 4) is 6.07 Å². The smallest absolute Gasteiger partial charge is 0.412 e. The van der Waals surface area contributed by atoms with Crippen LogP contribution >= 0.6 is 0 Å². The molecule has 1 aromatic carbocycles. The van der Waals surface area contributed by atoms with Crippen LogP contribution in [0.3, 0.4) is 0 Å². The number of hydrogen-bond acceptors (Lipinski definition) is 3. The van der Waals surface area contributed by atoms with E-state index in [1.807, 2.05) is 6.07 Å². The zero-order valence-corrected chi connectivity index (χ0v) is 10.6. The highest BCUT2D eigenvalue weighted by Gasteiger charge is 2.17. The first kappa shape index (κ1) is 14.0. The summed E-state index contributed by atoms with van der Waals surface area (Å²) >= 11 is 0. The van der Waals surface area contributed by atoms with Crippen LogP contribution in [0.15, 0.2) is 18.2 Å². The molecule has 0 aliphatic rings. The summed E-state index contributed by atoms with van der Waals surface area (Å²) in [5.41, 5.74) is 0.190. The van der Waals surface area contributed by atoms with Crippen molar-refractivity contribution in [1.29, 1.82) is 5.26 Å². The summed E-state index contributed by atoms with van der Waals surface area (Å²) in [6.45, 7) is 5.23. The van der Waals surface area contributed by atoms with Gasteiger partial charge < -0.3 is 4.74 Å². The minimum atomic E-state index is -0.631. The van der Waals surface area contributed by atoms with E-state index >= 15 is 0 Å². The maximum absolute atomic E-state index is 13.0. The summed E-state index contributed by atoms with van der Waals surface area (Å²) < 4.78 is 18.1. The predicted octanol–water partition coefficient (Wildman–Crippen LogP) is 3.24. The molecule has 0 fully saturated rings. The van der Waals surface area contributed by atoms with Crippen LogP contribution in [-0.4, -0.2) is 11.7 Å². The zero-order chi connectivity index (χ0) is 13.8. The van der Waals surface area contributed by atoms with Gasteiger partial charge in [0.2, 0.25) is 0 Å². The van der Waals surface area contributed by atoms with E-state index in [1.54, 1.807) is 20.8 Å². The SMILES string of the molecule is CC(C)(C)OC(=O)Nc1ccc(F)cc1CC#N. The first-order valence-corrected chi connectivity index (χ1v) is 5.47. The molecule has 18 heavy (non-hydrogen) atoms. The van der Waals surface area contributed by atoms with Crippen LogP contribution < -0.4 is 5.32 Å². The number of carbonyl (C=O) groups excluding carboxylic acids is 1. The van der Waals surface area contributed by atoms with Gasteiger partial charge in [0.25, 0.3) is 0 Å². The van der Waals surface area contributed by atoms with E-state index in [9.17, 15) is 9.18 Å². The van der Waals surface area contributed by atoms with Crippen molar-refractivity contribution in [2.75, 3.05) is 5.32 Å². The fraction of sp³-hybridized carbons (Fsp3) is 0.385. The Morgan fingerprint density at radius 3 is 2.72 bits per heavy atom. The highest BCUT2D eigenvalue weighted by Crippen LogP contribution is 2.19. The van der Waals surface area contributed by atoms with E-state index in [0.717, 1.165) is 0 Å². The van der Waals surface area contributed by atoms with Crippen molar-refractivity contribution < 1.29 is 13.9 Å². The van der Waals surface area contributed by atoms with Gasteiger partial charge in [-0.1, -0.05) is 0 Å². The second-order valence-electron chi connectivity index (χ2n) is 4.76. The van der Waals surface area contributed by atoms with Crippen LogP contribution in [0.2, 0.25) is 0 Å². The lowest BCUT2D eigenvalue weighted by atomic mass is 10.1. The molecule has 5 heteroatoms. The Kier molecular flexibility index (Phi) is 4.27. The van der Waals surface area contributed by atoms with Crippen molar-refractivity contribution in [3.05, 3.63) is 29.6 Å². The third-order valence-corrected chi connectivity index (χ3v) is 1.97. The van der Waals surface area contributed by atoms with Crippen LogP contribution in [0.25, 0.3) is 0 Å². The number of benzene rings is 1. The lowest BCUT2D eigenvalue weighted by Gasteiger charge is -2.20. The molecule has 1 aromatic rings. The van der Waals surface area contributed by atoms with Gasteiger partial charge >= 0.3 is 6.09 Å². The van der Waals surface area contributed by atoms with Crippen LogP contribution in [0, 0.1) is 17.1 Å². The fourth-order valence-corrected chi connectivity index (χ4v) is 1.33. The monoisotopic (exact) mass is 250 g/mol. The first-order chi connectivity index (χ1) is 8.31. The van der Waals surface area contributed by atoms with Crippen molar-refractivity contribution in [1.82, 2.24) is 0 Å². The molecule has 0 saturated carbocycles. The molecule has 1 rings (SSSR count). The quantitative estimate of drug-likeness (QED) is 0.876. The maximum Gasteiger partial charge on any atom is 0.412 e. The fourth-order valence-electron chi connectivity index (χ4n) is 1.33. The number of nitrogens with one attached hydrogen (secondary N) is 1. The molecular formula is C13H15FN2O2. The lowest BCUT2D eigenvalue weighted by molar-refractivity contribution is 0.0636. The Morgan fingerprint density at radius 2 is 2.17 bits per heavy atom. The molecule has 0 saturated heterocycles. The summed E-state index contributed by atoms with van der Waals surface area (Å²) in [6.07, 6.45) is -0.614. The van der Waals surface area contributed by atoms with Crippen molar-refractivity contribution in [2.45, 2.75) is 32.8 Å². The topological polar surface area (TPSA) is 62.1 Å². The van der Waals surface area contributed by atoms with E-state index in [0.29, 0.717) is 11.3 Å². The number of halogens is 1. The summed E-state index contributed by atoms with van der Waals surface area (Å²) in [7, 11) is 0. The molecule has 0 aliphatic heterocycles. The zero-order valence-electron chi connectivity index (χ0n) is 10.6. The Morgan fingerprint density at radius 1 is 1.50 bits per heavy atom. The van der Waals surface area contributed by atoms with Crippen molar-refractivity contribution in [3.63, 3.8) is 0 Å². The van der Waals surface area contributed by atoms with Gasteiger partial charge in [-0.05, 0) is 44.5 Å². The lowest BCUT2D eigenvalue weighted by Crippen LogP contribution is -2.27. The van der Waals surface area contributed by atoms with Gasteiger partial charge in [0.1, 0.15) is 11.4 Å². The van der Waals surface area contributed by atoms with Gasteiger partial charge in [0, 0.05) is 5.69 Å². The molecule has 0 aliphatic carbocycles. The molecule has 96 valence electrons. The number of hydrogen-bond donors (Lipinski definition) is 1. The van der Waals surface area contributed by atoms with Crippen molar-refractivity contribution in [2.24, 2.45) is 0 Å². The van der Waals surface area contributed by atoms with E-state index in [-0.39, 0.29) is 6.42 Å². The van der Waals surface area contributed by atoms with Crippen LogP contribution in [-0.2, 0) is 11.2 Å². The van der Waals surface area contributed by atoms with Crippen LogP contribution in [0.5, 0.6) is 0 Å². The van der Waals surface area contributed by atoms with E-state index in [4.69, 9.17) is 10.00 Å². The summed E-state index contributed by atoms with van der Waals surface area (Å²) in [6, 6.07) is 5.76. The third-order valence-electron chi connectivity index (χ3n) is 1.97. The van der Waals surface area contributed by atoms with E-state index < -0.39 is 17.5 Å². The molecule has 0 heterocycles. The van der Waals surface area contributed by atoms with E-state index in [1.165, 1.54) is 18.2 Å². The standard InChI is InChI=1S/C13H15FN2O2/c1-13(2,3)18-12(17)16-11-5-4-10(14)8-9(11)6-7-15/h4-5,8H,6H2,1-3H3,(H,16,17). The molecule has 0 aromatic heterocycles. The maximum atomic E-state index is 13.0. The normalized spacial score (nSPS) is 10.6. The number of nitriles is 1. The van der Waals surface area contributed by atoms with Gasteiger partial charge in [-0.15, -0.1) is 0 Å². The highest BCUT2D eigenvalue weighted by atomic mass is 19.1. The number of amides is 1. The largest absolute Gasteiger partial charge is 0.444 e. The number of rotatable bonds is 2. The molecule has 4 nitrogen and oxygen atoms in total. The van der Waals surface area contributed by atoms with E-state index in [2.05, 4.69) is 5.32 Å². The molecule has 0 unspecified atom stereocenters. The second-order valence-corrected chi connectivity index (χ2v) is 4.76. The first-order valence-electron chi connectivity index (χ1n) is 5.47. The van der Waals surface area contributed by atoms with Gasteiger partial charge in [-0.25, -0.2) is 9.18 Å². The highest BCUT2D eigenvalue weighted by molar-refractivity contribution is 5.86. The second kappa shape index (κ2) is 5.50. The molecular weight excluding hydrogens is 235 g/mol. The average molecular weight is 250 g/mol. The molecule has 1 N–H and O–H groups in total. The Labute approximate surface area is 105 Å². The van der Waals surface area contributed by atoms with Gasteiger partial charge in [-0.3, -0.25) is 5.32 Å². The third kappa shape index (κ3) is 4.42. The van der Waals surface area contributed by atoms with Crippen molar-refractivity contribution >= 4 is 11.8 Å². The Balaban J connectivity index is 2.84. The number of anilines is 1. The minimum absolute atomic E-state index is 0.0168. The molecule has 1 amide bonds. The van der Waals surface area contributed by atoms with Gasteiger partial charge in [0.05, 0.1) is 12.5 Å². The predicted molar refractivity (Wildman–Crippen MR) is 65.6 cm³/mol.